The number of fused-ring (bicyclic) bond motifs is 1. The number of hydrogen-bond acceptors (Lipinski definition) is 3. The van der Waals surface area contributed by atoms with Crippen molar-refractivity contribution in [1.29, 1.82) is 0 Å². The summed E-state index contributed by atoms with van der Waals surface area (Å²) in [4.78, 5) is 11.0. The van der Waals surface area contributed by atoms with Gasteiger partial charge in [-0.05, 0) is 23.6 Å². The second-order valence-electron chi connectivity index (χ2n) is 3.36. The lowest BCUT2D eigenvalue weighted by molar-refractivity contribution is 0.0699. The van der Waals surface area contributed by atoms with Crippen LogP contribution in [-0.2, 0) is 0 Å². The van der Waals surface area contributed by atoms with Gasteiger partial charge in [0.05, 0.1) is 12.7 Å². The Hall–Kier alpha value is -2.23. The van der Waals surface area contributed by atoms with E-state index in [9.17, 15) is 9.90 Å². The zero-order valence-corrected chi connectivity index (χ0v) is 8.60. The standard InChI is InChI=1S/C12H10O4/c1-16-11-5-7-3-2-4-8(12(14)15)9(7)6-10(11)13/h2-6,13H,1H3,(H,14,15). The Bertz CT molecular complexity index is 560. The van der Waals surface area contributed by atoms with Crippen molar-refractivity contribution in [3.05, 3.63) is 35.9 Å². The molecule has 0 heterocycles. The number of phenols is 1. The Balaban J connectivity index is 2.79. The van der Waals surface area contributed by atoms with Crippen LogP contribution in [0.1, 0.15) is 10.4 Å². The van der Waals surface area contributed by atoms with Crippen LogP contribution in [0.15, 0.2) is 30.3 Å². The number of rotatable bonds is 2. The first-order chi connectivity index (χ1) is 7.63. The molecule has 0 spiro atoms. The van der Waals surface area contributed by atoms with E-state index in [0.717, 1.165) is 5.39 Å². The number of carboxylic acids is 1. The van der Waals surface area contributed by atoms with E-state index in [-0.39, 0.29) is 11.3 Å². The topological polar surface area (TPSA) is 66.8 Å². The highest BCUT2D eigenvalue weighted by molar-refractivity contribution is 6.04. The zero-order valence-electron chi connectivity index (χ0n) is 8.60. The number of phenolic OH excluding ortho intramolecular Hbond substituents is 1. The number of carboxylic acid groups (broad SMARTS) is 1. The molecular weight excluding hydrogens is 208 g/mol. The molecule has 0 atom stereocenters. The smallest absolute Gasteiger partial charge is 0.336 e. The van der Waals surface area contributed by atoms with Gasteiger partial charge >= 0.3 is 5.97 Å². The molecule has 0 fully saturated rings. The molecule has 0 aliphatic heterocycles. The maximum atomic E-state index is 11.0. The SMILES string of the molecule is COc1cc2cccc(C(=O)O)c2cc1O. The second kappa shape index (κ2) is 3.73. The van der Waals surface area contributed by atoms with E-state index in [4.69, 9.17) is 9.84 Å². The average Bonchev–Trinajstić information content (AvgIpc) is 2.27. The van der Waals surface area contributed by atoms with Gasteiger partial charge < -0.3 is 14.9 Å². The largest absolute Gasteiger partial charge is 0.504 e. The van der Waals surface area contributed by atoms with Crippen molar-refractivity contribution >= 4 is 16.7 Å². The summed E-state index contributed by atoms with van der Waals surface area (Å²) in [5.74, 6) is -0.756. The van der Waals surface area contributed by atoms with Crippen LogP contribution in [0.5, 0.6) is 11.5 Å². The quantitative estimate of drug-likeness (QED) is 0.811. The summed E-state index contributed by atoms with van der Waals surface area (Å²) in [6.07, 6.45) is 0. The van der Waals surface area contributed by atoms with E-state index >= 15 is 0 Å². The monoisotopic (exact) mass is 218 g/mol. The molecule has 0 unspecified atom stereocenters. The molecule has 2 rings (SSSR count). The zero-order chi connectivity index (χ0) is 11.7. The van der Waals surface area contributed by atoms with Crippen LogP contribution < -0.4 is 4.74 Å². The third-order valence-corrected chi connectivity index (χ3v) is 2.41. The molecule has 0 radical (unpaired) electrons. The molecule has 4 nitrogen and oxygen atoms in total. The van der Waals surface area contributed by atoms with Crippen molar-refractivity contribution in [1.82, 2.24) is 0 Å². The van der Waals surface area contributed by atoms with Gasteiger partial charge in [-0.25, -0.2) is 4.79 Å². The lowest BCUT2D eigenvalue weighted by atomic mass is 10.0. The lowest BCUT2D eigenvalue weighted by Gasteiger charge is -2.07. The Morgan fingerprint density at radius 2 is 2.06 bits per heavy atom. The van der Waals surface area contributed by atoms with E-state index in [1.165, 1.54) is 19.2 Å². The molecule has 2 aromatic rings. The Morgan fingerprint density at radius 1 is 1.31 bits per heavy atom. The van der Waals surface area contributed by atoms with Gasteiger partial charge in [0, 0.05) is 5.39 Å². The molecule has 0 saturated carbocycles. The number of carbonyl (C=O) groups is 1. The highest BCUT2D eigenvalue weighted by Crippen LogP contribution is 2.32. The first kappa shape index (κ1) is 10.3. The average molecular weight is 218 g/mol. The Kier molecular flexibility index (Phi) is 2.40. The summed E-state index contributed by atoms with van der Waals surface area (Å²) in [5, 5.41) is 19.8. The van der Waals surface area contributed by atoms with Crippen molar-refractivity contribution in [2.75, 3.05) is 7.11 Å². The second-order valence-corrected chi connectivity index (χ2v) is 3.36. The first-order valence-corrected chi connectivity index (χ1v) is 4.66. The van der Waals surface area contributed by atoms with E-state index in [1.54, 1.807) is 18.2 Å². The van der Waals surface area contributed by atoms with Gasteiger partial charge in [-0.3, -0.25) is 0 Å². The Labute approximate surface area is 91.7 Å². The highest BCUT2D eigenvalue weighted by atomic mass is 16.5. The molecule has 0 bridgehead atoms. The molecule has 16 heavy (non-hydrogen) atoms. The molecule has 0 aromatic heterocycles. The van der Waals surface area contributed by atoms with Crippen LogP contribution in [-0.4, -0.2) is 23.3 Å². The number of ether oxygens (including phenoxy) is 1. The number of hydrogen-bond donors (Lipinski definition) is 2. The Morgan fingerprint density at radius 3 is 2.69 bits per heavy atom. The van der Waals surface area contributed by atoms with E-state index in [1.807, 2.05) is 0 Å². The van der Waals surface area contributed by atoms with Gasteiger partial charge in [0.1, 0.15) is 0 Å². The predicted molar refractivity (Wildman–Crippen MR) is 59.1 cm³/mol. The van der Waals surface area contributed by atoms with Gasteiger partial charge in [-0.15, -0.1) is 0 Å². The first-order valence-electron chi connectivity index (χ1n) is 4.66. The molecule has 0 aliphatic rings. The molecule has 4 heteroatoms. The molecule has 0 amide bonds. The summed E-state index contributed by atoms with van der Waals surface area (Å²) >= 11 is 0. The minimum absolute atomic E-state index is 0.0660. The number of methoxy groups -OCH3 is 1. The van der Waals surface area contributed by atoms with Crippen LogP contribution in [0.3, 0.4) is 0 Å². The number of benzene rings is 2. The summed E-state index contributed by atoms with van der Waals surface area (Å²) in [7, 11) is 1.45. The molecule has 0 saturated heterocycles. The number of aromatic hydroxyl groups is 1. The van der Waals surface area contributed by atoms with E-state index in [0.29, 0.717) is 11.1 Å². The molecular formula is C12H10O4. The van der Waals surface area contributed by atoms with Crippen molar-refractivity contribution in [2.24, 2.45) is 0 Å². The van der Waals surface area contributed by atoms with Crippen LogP contribution in [0.2, 0.25) is 0 Å². The van der Waals surface area contributed by atoms with E-state index in [2.05, 4.69) is 0 Å². The van der Waals surface area contributed by atoms with Crippen LogP contribution in [0, 0.1) is 0 Å². The van der Waals surface area contributed by atoms with Crippen LogP contribution >= 0.6 is 0 Å². The van der Waals surface area contributed by atoms with E-state index < -0.39 is 5.97 Å². The normalized spacial score (nSPS) is 10.3. The van der Waals surface area contributed by atoms with Crippen molar-refractivity contribution < 1.29 is 19.7 Å². The van der Waals surface area contributed by atoms with Crippen molar-refractivity contribution in [3.63, 3.8) is 0 Å². The van der Waals surface area contributed by atoms with Gasteiger partial charge in [0.2, 0.25) is 0 Å². The minimum atomic E-state index is -1.02. The third-order valence-electron chi connectivity index (χ3n) is 2.41. The third kappa shape index (κ3) is 1.54. The summed E-state index contributed by atoms with van der Waals surface area (Å²) in [6.45, 7) is 0. The fourth-order valence-electron chi connectivity index (χ4n) is 1.64. The van der Waals surface area contributed by atoms with Crippen molar-refractivity contribution in [2.45, 2.75) is 0 Å². The molecule has 2 aromatic carbocycles. The predicted octanol–water partition coefficient (Wildman–Crippen LogP) is 2.25. The van der Waals surface area contributed by atoms with Crippen LogP contribution in [0.25, 0.3) is 10.8 Å². The summed E-state index contributed by atoms with van der Waals surface area (Å²) in [6, 6.07) is 7.93. The lowest BCUT2D eigenvalue weighted by Crippen LogP contribution is -1.97. The number of aromatic carboxylic acids is 1. The van der Waals surface area contributed by atoms with Gasteiger partial charge in [-0.1, -0.05) is 12.1 Å². The fourth-order valence-corrected chi connectivity index (χ4v) is 1.64. The van der Waals surface area contributed by atoms with Crippen molar-refractivity contribution in [3.8, 4) is 11.5 Å². The maximum Gasteiger partial charge on any atom is 0.336 e. The highest BCUT2D eigenvalue weighted by Gasteiger charge is 2.11. The fraction of sp³-hybridized carbons (Fsp3) is 0.0833. The summed E-state index contributed by atoms with van der Waals surface area (Å²) in [5.41, 5.74) is 0.162. The minimum Gasteiger partial charge on any atom is -0.504 e. The summed E-state index contributed by atoms with van der Waals surface area (Å²) < 4.78 is 4.96. The van der Waals surface area contributed by atoms with Crippen LogP contribution in [0.4, 0.5) is 0 Å². The molecule has 82 valence electrons. The maximum absolute atomic E-state index is 11.0. The van der Waals surface area contributed by atoms with Gasteiger partial charge in [0.15, 0.2) is 11.5 Å². The van der Waals surface area contributed by atoms with Gasteiger partial charge in [-0.2, -0.15) is 0 Å². The molecule has 2 N–H and O–H groups in total. The van der Waals surface area contributed by atoms with Gasteiger partial charge in [0.25, 0.3) is 0 Å². The molecule has 0 aliphatic carbocycles.